The zero-order valence-corrected chi connectivity index (χ0v) is 8.01. The van der Waals surface area contributed by atoms with Crippen LogP contribution < -0.4 is 0 Å². The number of hydrogen-bond acceptors (Lipinski definition) is 5. The van der Waals surface area contributed by atoms with E-state index < -0.39 is 18.5 Å². The van der Waals surface area contributed by atoms with Gasteiger partial charge in [-0.25, -0.2) is 0 Å². The molecule has 78 valence electrons. The Bertz CT molecular complexity index is 163. The maximum absolute atomic E-state index is 9.48. The minimum absolute atomic E-state index is 0.298. The van der Waals surface area contributed by atoms with Crippen LogP contribution in [0.2, 0.25) is 0 Å². The summed E-state index contributed by atoms with van der Waals surface area (Å²) in [5.41, 5.74) is 0. The van der Waals surface area contributed by atoms with Crippen LogP contribution in [0.1, 0.15) is 6.92 Å². The molecule has 5 heteroatoms. The van der Waals surface area contributed by atoms with Gasteiger partial charge in [0, 0.05) is 14.2 Å². The summed E-state index contributed by atoms with van der Waals surface area (Å²) in [6, 6.07) is 0. The summed E-state index contributed by atoms with van der Waals surface area (Å²) < 4.78 is 15.2. The third kappa shape index (κ3) is 2.00. The Balaban J connectivity index is 2.71. The van der Waals surface area contributed by atoms with Gasteiger partial charge in [-0.1, -0.05) is 0 Å². The van der Waals surface area contributed by atoms with Crippen molar-refractivity contribution in [3.05, 3.63) is 0 Å². The molecule has 5 nitrogen and oxygen atoms in total. The molecule has 0 amide bonds. The quantitative estimate of drug-likeness (QED) is 0.594. The number of hydrogen-bond donors (Lipinski definition) is 2. The van der Waals surface area contributed by atoms with Crippen molar-refractivity contribution in [3.63, 3.8) is 0 Å². The second-order valence-electron chi connectivity index (χ2n) is 3.12. The Morgan fingerprint density at radius 2 is 1.62 bits per heavy atom. The average Bonchev–Trinajstić information content (AvgIpc) is 2.10. The second-order valence-corrected chi connectivity index (χ2v) is 3.12. The van der Waals surface area contributed by atoms with E-state index in [9.17, 15) is 10.2 Å². The first-order valence-corrected chi connectivity index (χ1v) is 4.19. The van der Waals surface area contributed by atoms with E-state index in [-0.39, 0.29) is 12.2 Å². The molecular formula is C8H16O5. The fraction of sp³-hybridized carbons (Fsp3) is 1.00. The molecule has 0 radical (unpaired) electrons. The topological polar surface area (TPSA) is 68.2 Å². The Labute approximate surface area is 77.2 Å². The van der Waals surface area contributed by atoms with E-state index in [1.807, 2.05) is 0 Å². The predicted octanol–water partition coefficient (Wildman–Crippen LogP) is -0.886. The molecule has 1 rings (SSSR count). The molecule has 1 aliphatic rings. The zero-order valence-electron chi connectivity index (χ0n) is 8.01. The van der Waals surface area contributed by atoms with Crippen LogP contribution in [0.5, 0.6) is 0 Å². The van der Waals surface area contributed by atoms with E-state index in [0.29, 0.717) is 0 Å². The molecule has 2 N–H and O–H groups in total. The second kappa shape index (κ2) is 4.34. The summed E-state index contributed by atoms with van der Waals surface area (Å²) in [6.07, 6.45) is -3.47. The average molecular weight is 192 g/mol. The van der Waals surface area contributed by atoms with E-state index in [0.717, 1.165) is 0 Å². The van der Waals surface area contributed by atoms with Gasteiger partial charge in [-0.05, 0) is 6.92 Å². The van der Waals surface area contributed by atoms with Gasteiger partial charge in [0.2, 0.25) is 0 Å². The van der Waals surface area contributed by atoms with Crippen LogP contribution in [0.4, 0.5) is 0 Å². The van der Waals surface area contributed by atoms with Gasteiger partial charge in [0.1, 0.15) is 18.3 Å². The molecule has 1 fully saturated rings. The SMILES string of the molecule is CO[C@@H]1[C@@H](O)[C@H](O)O[C@H](C)[C@@H]1OC. The minimum Gasteiger partial charge on any atom is -0.385 e. The molecule has 0 aromatic rings. The van der Waals surface area contributed by atoms with E-state index in [2.05, 4.69) is 0 Å². The van der Waals surface area contributed by atoms with Gasteiger partial charge >= 0.3 is 0 Å². The monoisotopic (exact) mass is 192 g/mol. The Morgan fingerprint density at radius 3 is 2.08 bits per heavy atom. The fourth-order valence-corrected chi connectivity index (χ4v) is 1.60. The summed E-state index contributed by atoms with van der Waals surface area (Å²) in [5, 5.41) is 18.7. The van der Waals surface area contributed by atoms with Gasteiger partial charge in [0.05, 0.1) is 6.10 Å². The highest BCUT2D eigenvalue weighted by molar-refractivity contribution is 4.88. The molecule has 1 saturated heterocycles. The molecule has 0 aromatic carbocycles. The highest BCUT2D eigenvalue weighted by Crippen LogP contribution is 2.23. The van der Waals surface area contributed by atoms with Crippen LogP contribution in [-0.2, 0) is 14.2 Å². The molecule has 0 saturated carbocycles. The van der Waals surface area contributed by atoms with Gasteiger partial charge < -0.3 is 24.4 Å². The van der Waals surface area contributed by atoms with Gasteiger partial charge in [0.15, 0.2) is 6.29 Å². The van der Waals surface area contributed by atoms with Crippen molar-refractivity contribution < 1.29 is 24.4 Å². The molecule has 13 heavy (non-hydrogen) atoms. The van der Waals surface area contributed by atoms with Crippen LogP contribution in [-0.4, -0.2) is 55.1 Å². The van der Waals surface area contributed by atoms with Gasteiger partial charge in [-0.3, -0.25) is 0 Å². The summed E-state index contributed by atoms with van der Waals surface area (Å²) in [5.74, 6) is 0. The molecule has 0 aliphatic carbocycles. The highest BCUT2D eigenvalue weighted by Gasteiger charge is 2.43. The standard InChI is InChI=1S/C8H16O5/c1-4-6(11-2)7(12-3)5(9)8(10)13-4/h4-10H,1-3H3/t4-,5-,6+,7-,8-/m1/s1. The van der Waals surface area contributed by atoms with Crippen molar-refractivity contribution >= 4 is 0 Å². The van der Waals surface area contributed by atoms with Crippen molar-refractivity contribution in [2.24, 2.45) is 0 Å². The lowest BCUT2D eigenvalue weighted by Crippen LogP contribution is -2.57. The lowest BCUT2D eigenvalue weighted by molar-refractivity contribution is -0.286. The molecule has 0 aromatic heterocycles. The lowest BCUT2D eigenvalue weighted by Gasteiger charge is -2.40. The maximum Gasteiger partial charge on any atom is 0.183 e. The summed E-state index contributed by atoms with van der Waals surface area (Å²) in [7, 11) is 2.98. The number of aliphatic hydroxyl groups excluding tert-OH is 2. The third-order valence-electron chi connectivity index (χ3n) is 2.31. The fourth-order valence-electron chi connectivity index (χ4n) is 1.60. The largest absolute Gasteiger partial charge is 0.385 e. The van der Waals surface area contributed by atoms with Crippen LogP contribution in [0.25, 0.3) is 0 Å². The molecule has 5 atom stereocenters. The van der Waals surface area contributed by atoms with Crippen molar-refractivity contribution in [1.29, 1.82) is 0 Å². The lowest BCUT2D eigenvalue weighted by atomic mass is 10.00. The predicted molar refractivity (Wildman–Crippen MR) is 44.2 cm³/mol. The van der Waals surface area contributed by atoms with Crippen molar-refractivity contribution in [2.45, 2.75) is 37.6 Å². The van der Waals surface area contributed by atoms with Gasteiger partial charge in [0.25, 0.3) is 0 Å². The van der Waals surface area contributed by atoms with Gasteiger partial charge in [-0.15, -0.1) is 0 Å². The molecule has 1 heterocycles. The van der Waals surface area contributed by atoms with E-state index in [4.69, 9.17) is 14.2 Å². The molecular weight excluding hydrogens is 176 g/mol. The summed E-state index contributed by atoms with van der Waals surface area (Å²) in [4.78, 5) is 0. The van der Waals surface area contributed by atoms with E-state index in [1.54, 1.807) is 6.92 Å². The first-order chi connectivity index (χ1) is 6.11. The number of methoxy groups -OCH3 is 2. The van der Waals surface area contributed by atoms with Crippen molar-refractivity contribution in [1.82, 2.24) is 0 Å². The molecule has 0 bridgehead atoms. The summed E-state index contributed by atoms with van der Waals surface area (Å²) in [6.45, 7) is 1.76. The van der Waals surface area contributed by atoms with Crippen LogP contribution in [0.15, 0.2) is 0 Å². The summed E-state index contributed by atoms with van der Waals surface area (Å²) >= 11 is 0. The van der Waals surface area contributed by atoms with Crippen LogP contribution in [0.3, 0.4) is 0 Å². The van der Waals surface area contributed by atoms with Crippen molar-refractivity contribution in [3.8, 4) is 0 Å². The molecule has 1 aliphatic heterocycles. The smallest absolute Gasteiger partial charge is 0.183 e. The third-order valence-corrected chi connectivity index (χ3v) is 2.31. The minimum atomic E-state index is -1.20. The maximum atomic E-state index is 9.48. The normalized spacial score (nSPS) is 46.4. The Morgan fingerprint density at radius 1 is 1.08 bits per heavy atom. The van der Waals surface area contributed by atoms with Gasteiger partial charge in [-0.2, -0.15) is 0 Å². The Hall–Kier alpha value is -0.200. The highest BCUT2D eigenvalue weighted by atomic mass is 16.7. The van der Waals surface area contributed by atoms with E-state index in [1.165, 1.54) is 14.2 Å². The molecule has 0 unspecified atom stereocenters. The number of ether oxygens (including phenoxy) is 3. The Kier molecular flexibility index (Phi) is 3.63. The number of rotatable bonds is 2. The molecule has 0 spiro atoms. The number of aliphatic hydroxyl groups is 2. The van der Waals surface area contributed by atoms with Crippen LogP contribution in [0, 0.1) is 0 Å². The zero-order chi connectivity index (χ0) is 10.0. The first kappa shape index (κ1) is 10.9. The first-order valence-electron chi connectivity index (χ1n) is 4.19. The van der Waals surface area contributed by atoms with Crippen LogP contribution >= 0.6 is 0 Å². The van der Waals surface area contributed by atoms with Crippen molar-refractivity contribution in [2.75, 3.05) is 14.2 Å². The van der Waals surface area contributed by atoms with E-state index >= 15 is 0 Å².